The Bertz CT molecular complexity index is 358. The molecule has 3 N–H and O–H groups in total. The maximum atomic E-state index is 12.2. The van der Waals surface area contributed by atoms with E-state index in [1.54, 1.807) is 0 Å². The van der Waals surface area contributed by atoms with Gasteiger partial charge in [-0.05, 0) is 39.2 Å². The first-order valence-corrected chi connectivity index (χ1v) is 7.25. The lowest BCUT2D eigenvalue weighted by atomic mass is 9.75. The minimum Gasteiger partial charge on any atom is -0.480 e. The zero-order valence-corrected chi connectivity index (χ0v) is 11.6. The van der Waals surface area contributed by atoms with Crippen LogP contribution in [0.4, 0.5) is 0 Å². The van der Waals surface area contributed by atoms with Crippen molar-refractivity contribution in [3.05, 3.63) is 0 Å². The van der Waals surface area contributed by atoms with Gasteiger partial charge in [-0.3, -0.25) is 4.79 Å². The molecule has 2 rings (SSSR count). The van der Waals surface area contributed by atoms with Crippen molar-refractivity contribution in [2.45, 2.75) is 68.9 Å². The summed E-state index contributed by atoms with van der Waals surface area (Å²) in [6.07, 6.45) is 7.87. The Labute approximate surface area is 114 Å². The van der Waals surface area contributed by atoms with Crippen molar-refractivity contribution in [3.63, 3.8) is 0 Å². The van der Waals surface area contributed by atoms with Crippen LogP contribution >= 0.6 is 0 Å². The van der Waals surface area contributed by atoms with Gasteiger partial charge in [0.15, 0.2) is 0 Å². The quantitative estimate of drug-likeness (QED) is 0.704. The minimum atomic E-state index is -0.985. The summed E-state index contributed by atoms with van der Waals surface area (Å²) in [5.41, 5.74) is -1.12. The molecule has 108 valence electrons. The number of hydrogen-bond donors (Lipinski definition) is 3. The molecule has 2 aliphatic carbocycles. The number of carboxylic acid groups (broad SMARTS) is 1. The van der Waals surface area contributed by atoms with Crippen LogP contribution in [-0.4, -0.2) is 35.1 Å². The lowest BCUT2D eigenvalue weighted by Gasteiger charge is -2.41. The van der Waals surface area contributed by atoms with E-state index in [1.165, 1.54) is 6.42 Å². The number of hydrogen-bond acceptors (Lipinski definition) is 3. The number of amides is 1. The van der Waals surface area contributed by atoms with Crippen LogP contribution < -0.4 is 10.6 Å². The summed E-state index contributed by atoms with van der Waals surface area (Å²) in [6.45, 7) is 0. The van der Waals surface area contributed by atoms with E-state index in [4.69, 9.17) is 0 Å². The molecule has 0 atom stereocenters. The fourth-order valence-electron chi connectivity index (χ4n) is 3.28. The van der Waals surface area contributed by atoms with E-state index >= 15 is 0 Å². The van der Waals surface area contributed by atoms with Gasteiger partial charge in [-0.15, -0.1) is 0 Å². The fraction of sp³-hybridized carbons (Fsp3) is 0.857. The average Bonchev–Trinajstić information content (AvgIpc) is 2.34. The summed E-state index contributed by atoms with van der Waals surface area (Å²) in [4.78, 5) is 23.4. The van der Waals surface area contributed by atoms with E-state index in [9.17, 15) is 14.7 Å². The Morgan fingerprint density at radius 1 is 1.05 bits per heavy atom. The highest BCUT2D eigenvalue weighted by molar-refractivity contribution is 5.88. The summed E-state index contributed by atoms with van der Waals surface area (Å²) in [6, 6.07) is 0. The standard InChI is InChI=1S/C14H24N2O3/c1-15-13(6-3-2-4-7-13)10-11(17)16-14(12(18)19)8-5-9-14/h15H,2-10H2,1H3,(H,16,17)(H,18,19). The molecule has 0 heterocycles. The SMILES string of the molecule is CNC1(CC(=O)NC2(C(=O)O)CCC2)CCCCC1. The second-order valence-electron chi connectivity index (χ2n) is 6.06. The van der Waals surface area contributed by atoms with Gasteiger partial charge in [0.25, 0.3) is 0 Å². The summed E-state index contributed by atoms with van der Waals surface area (Å²) in [7, 11) is 1.90. The lowest BCUT2D eigenvalue weighted by Crippen LogP contribution is -2.60. The van der Waals surface area contributed by atoms with Crippen molar-refractivity contribution in [3.8, 4) is 0 Å². The van der Waals surface area contributed by atoms with Crippen molar-refractivity contribution in [1.29, 1.82) is 0 Å². The molecule has 2 aliphatic rings. The van der Waals surface area contributed by atoms with Gasteiger partial charge in [-0.25, -0.2) is 4.79 Å². The Kier molecular flexibility index (Phi) is 4.13. The molecule has 0 aromatic rings. The molecular formula is C14H24N2O3. The van der Waals surface area contributed by atoms with Crippen LogP contribution in [0.15, 0.2) is 0 Å². The van der Waals surface area contributed by atoms with Crippen LogP contribution in [0.25, 0.3) is 0 Å². The zero-order chi connectivity index (χ0) is 13.9. The van der Waals surface area contributed by atoms with Gasteiger partial charge in [0.1, 0.15) is 5.54 Å². The molecule has 5 nitrogen and oxygen atoms in total. The summed E-state index contributed by atoms with van der Waals surface area (Å²) >= 11 is 0. The third-order valence-electron chi connectivity index (χ3n) is 4.84. The van der Waals surface area contributed by atoms with Gasteiger partial charge in [-0.1, -0.05) is 19.3 Å². The zero-order valence-electron chi connectivity index (χ0n) is 11.6. The molecule has 0 saturated heterocycles. The average molecular weight is 268 g/mol. The van der Waals surface area contributed by atoms with E-state index in [0.29, 0.717) is 19.3 Å². The van der Waals surface area contributed by atoms with Crippen molar-refractivity contribution in [2.75, 3.05) is 7.05 Å². The van der Waals surface area contributed by atoms with Crippen molar-refractivity contribution in [1.82, 2.24) is 10.6 Å². The third-order valence-corrected chi connectivity index (χ3v) is 4.84. The normalized spacial score (nSPS) is 24.3. The molecule has 5 heteroatoms. The largest absolute Gasteiger partial charge is 0.480 e. The lowest BCUT2D eigenvalue weighted by molar-refractivity contribution is -0.152. The van der Waals surface area contributed by atoms with Gasteiger partial charge < -0.3 is 15.7 Å². The number of nitrogens with one attached hydrogen (secondary N) is 2. The molecule has 0 unspecified atom stereocenters. The smallest absolute Gasteiger partial charge is 0.329 e. The Balaban J connectivity index is 1.94. The highest BCUT2D eigenvalue weighted by Crippen LogP contribution is 2.34. The Hall–Kier alpha value is -1.10. The van der Waals surface area contributed by atoms with Crippen LogP contribution in [0.5, 0.6) is 0 Å². The molecule has 0 radical (unpaired) electrons. The maximum Gasteiger partial charge on any atom is 0.329 e. The molecule has 0 spiro atoms. The van der Waals surface area contributed by atoms with Crippen LogP contribution in [0.2, 0.25) is 0 Å². The van der Waals surface area contributed by atoms with Gasteiger partial charge in [-0.2, -0.15) is 0 Å². The molecule has 2 saturated carbocycles. The number of rotatable bonds is 5. The fourth-order valence-corrected chi connectivity index (χ4v) is 3.28. The molecular weight excluding hydrogens is 244 g/mol. The topological polar surface area (TPSA) is 78.4 Å². The molecule has 19 heavy (non-hydrogen) atoms. The van der Waals surface area contributed by atoms with E-state index in [1.807, 2.05) is 7.05 Å². The first-order valence-electron chi connectivity index (χ1n) is 7.25. The van der Waals surface area contributed by atoms with E-state index in [2.05, 4.69) is 10.6 Å². The third kappa shape index (κ3) is 2.91. The van der Waals surface area contributed by atoms with Gasteiger partial charge in [0.05, 0.1) is 0 Å². The number of carbonyl (C=O) groups is 2. The first-order chi connectivity index (χ1) is 9.02. The van der Waals surface area contributed by atoms with Crippen molar-refractivity contribution in [2.24, 2.45) is 0 Å². The second-order valence-corrected chi connectivity index (χ2v) is 6.06. The van der Waals surface area contributed by atoms with Crippen molar-refractivity contribution >= 4 is 11.9 Å². The van der Waals surface area contributed by atoms with Gasteiger partial charge in [0.2, 0.25) is 5.91 Å². The molecule has 0 aromatic carbocycles. The van der Waals surface area contributed by atoms with E-state index < -0.39 is 11.5 Å². The predicted octanol–water partition coefficient (Wildman–Crippen LogP) is 1.42. The van der Waals surface area contributed by atoms with Crippen LogP contribution in [0.1, 0.15) is 57.8 Å². The molecule has 0 aliphatic heterocycles. The van der Waals surface area contributed by atoms with Crippen molar-refractivity contribution < 1.29 is 14.7 Å². The van der Waals surface area contributed by atoms with Gasteiger partial charge >= 0.3 is 5.97 Å². The number of aliphatic carboxylic acids is 1. The van der Waals surface area contributed by atoms with E-state index in [0.717, 1.165) is 32.1 Å². The number of carboxylic acids is 1. The number of carbonyl (C=O) groups excluding carboxylic acids is 1. The highest BCUT2D eigenvalue weighted by atomic mass is 16.4. The molecule has 0 bridgehead atoms. The van der Waals surface area contributed by atoms with Gasteiger partial charge in [0, 0.05) is 12.0 Å². The Morgan fingerprint density at radius 2 is 1.68 bits per heavy atom. The molecule has 2 fully saturated rings. The highest BCUT2D eigenvalue weighted by Gasteiger charge is 2.46. The van der Waals surface area contributed by atoms with E-state index in [-0.39, 0.29) is 11.4 Å². The van der Waals surface area contributed by atoms with Crippen LogP contribution in [0.3, 0.4) is 0 Å². The summed E-state index contributed by atoms with van der Waals surface area (Å²) in [5, 5.41) is 15.3. The predicted molar refractivity (Wildman–Crippen MR) is 71.9 cm³/mol. The maximum absolute atomic E-state index is 12.2. The second kappa shape index (κ2) is 5.49. The monoisotopic (exact) mass is 268 g/mol. The summed E-state index contributed by atoms with van der Waals surface area (Å²) in [5.74, 6) is -1.02. The molecule has 1 amide bonds. The summed E-state index contributed by atoms with van der Waals surface area (Å²) < 4.78 is 0. The van der Waals surface area contributed by atoms with Crippen LogP contribution in [0, 0.1) is 0 Å². The Morgan fingerprint density at radius 3 is 2.11 bits per heavy atom. The minimum absolute atomic E-state index is 0.127. The van der Waals surface area contributed by atoms with Crippen LogP contribution in [-0.2, 0) is 9.59 Å². The molecule has 0 aromatic heterocycles. The first kappa shape index (κ1) is 14.3.